The molecule has 3 aliphatic rings. The summed E-state index contributed by atoms with van der Waals surface area (Å²) in [4.78, 5) is 2.68. The Morgan fingerprint density at radius 3 is 1.95 bits per heavy atom. The first-order chi connectivity index (χ1) is 9.29. The Bertz CT molecular complexity index is 269. The average molecular weight is 264 g/mol. The molecule has 2 heterocycles. The predicted octanol–water partition coefficient (Wildman–Crippen LogP) is 3.42. The van der Waals surface area contributed by atoms with E-state index >= 15 is 0 Å². The molecule has 2 bridgehead atoms. The van der Waals surface area contributed by atoms with Gasteiger partial charge in [-0.15, -0.1) is 0 Å². The van der Waals surface area contributed by atoms with E-state index in [9.17, 15) is 0 Å². The topological polar surface area (TPSA) is 15.3 Å². The summed E-state index contributed by atoms with van der Waals surface area (Å²) in [6, 6.07) is 2.59. The molecule has 2 heteroatoms. The minimum Gasteiger partial charge on any atom is -0.316 e. The second-order valence-corrected chi connectivity index (χ2v) is 7.35. The minimum absolute atomic E-state index is 0.801. The van der Waals surface area contributed by atoms with Gasteiger partial charge in [0.05, 0.1) is 0 Å². The lowest BCUT2D eigenvalue weighted by atomic mass is 9.77. The van der Waals surface area contributed by atoms with Crippen LogP contribution in [0.15, 0.2) is 0 Å². The highest BCUT2D eigenvalue weighted by atomic mass is 15.2. The quantitative estimate of drug-likeness (QED) is 0.786. The first-order valence-corrected chi connectivity index (χ1v) is 8.68. The molecule has 3 unspecified atom stereocenters. The number of hydrogen-bond donors (Lipinski definition) is 1. The van der Waals surface area contributed by atoms with Crippen molar-refractivity contribution < 1.29 is 0 Å². The molecular formula is C17H32N2. The predicted molar refractivity (Wildman–Crippen MR) is 81.3 cm³/mol. The largest absolute Gasteiger partial charge is 0.316 e. The highest BCUT2D eigenvalue weighted by molar-refractivity contribution is 4.98. The molecule has 2 saturated heterocycles. The lowest BCUT2D eigenvalue weighted by molar-refractivity contribution is 0.0944. The van der Waals surface area contributed by atoms with Crippen LogP contribution in [0.1, 0.15) is 64.2 Å². The van der Waals surface area contributed by atoms with Crippen LogP contribution in [0.25, 0.3) is 0 Å². The molecule has 1 saturated carbocycles. The van der Waals surface area contributed by atoms with E-state index in [-0.39, 0.29) is 0 Å². The van der Waals surface area contributed by atoms with E-state index in [0.29, 0.717) is 0 Å². The van der Waals surface area contributed by atoms with Gasteiger partial charge in [-0.05, 0) is 64.5 Å². The van der Waals surface area contributed by atoms with Gasteiger partial charge in [0.25, 0.3) is 0 Å². The summed E-state index contributed by atoms with van der Waals surface area (Å²) in [5.74, 6) is 1.90. The van der Waals surface area contributed by atoms with Gasteiger partial charge in [0.1, 0.15) is 0 Å². The van der Waals surface area contributed by atoms with Gasteiger partial charge in [0.2, 0.25) is 0 Å². The Kier molecular flexibility index (Phi) is 4.48. The maximum atomic E-state index is 3.73. The molecule has 3 fully saturated rings. The van der Waals surface area contributed by atoms with Gasteiger partial charge in [-0.3, -0.25) is 0 Å². The second-order valence-electron chi connectivity index (χ2n) is 7.35. The number of nitrogens with zero attached hydrogens (tertiary/aromatic N) is 1. The van der Waals surface area contributed by atoms with Crippen molar-refractivity contribution >= 4 is 0 Å². The molecule has 0 aromatic rings. The van der Waals surface area contributed by atoms with Crippen LogP contribution in [0.2, 0.25) is 0 Å². The Hall–Kier alpha value is -0.0800. The number of fused-ring (bicyclic) bond motifs is 2. The zero-order valence-corrected chi connectivity index (χ0v) is 12.9. The molecule has 3 atom stereocenters. The van der Waals surface area contributed by atoms with Crippen LogP contribution >= 0.6 is 0 Å². The molecule has 0 aromatic carbocycles. The maximum absolute atomic E-state index is 3.73. The minimum atomic E-state index is 0.801. The lowest BCUT2D eigenvalue weighted by Gasteiger charge is -2.42. The number of hydrogen-bond acceptors (Lipinski definition) is 2. The maximum Gasteiger partial charge on any atom is 0.0122 e. The fourth-order valence-corrected chi connectivity index (χ4v) is 5.27. The lowest BCUT2D eigenvalue weighted by Crippen LogP contribution is -2.48. The summed E-state index contributed by atoms with van der Waals surface area (Å²) >= 11 is 0. The summed E-state index contributed by atoms with van der Waals surface area (Å²) in [5, 5.41) is 3.73. The van der Waals surface area contributed by atoms with Crippen LogP contribution in [-0.2, 0) is 0 Å². The van der Waals surface area contributed by atoms with Crippen molar-refractivity contribution in [3.63, 3.8) is 0 Å². The molecule has 0 amide bonds. The van der Waals surface area contributed by atoms with Gasteiger partial charge in [0, 0.05) is 18.1 Å². The second kappa shape index (κ2) is 6.13. The normalized spacial score (nSPS) is 39.2. The third kappa shape index (κ3) is 2.85. The zero-order chi connectivity index (χ0) is 13.2. The van der Waals surface area contributed by atoms with Crippen LogP contribution in [0.3, 0.4) is 0 Å². The molecule has 2 nitrogen and oxygen atoms in total. The van der Waals surface area contributed by atoms with E-state index < -0.39 is 0 Å². The van der Waals surface area contributed by atoms with Gasteiger partial charge in [-0.2, -0.15) is 0 Å². The van der Waals surface area contributed by atoms with Gasteiger partial charge < -0.3 is 10.2 Å². The Morgan fingerprint density at radius 2 is 1.42 bits per heavy atom. The van der Waals surface area contributed by atoms with Crippen molar-refractivity contribution in [2.75, 3.05) is 14.1 Å². The summed E-state index contributed by atoms with van der Waals surface area (Å²) in [5.41, 5.74) is 0. The first kappa shape index (κ1) is 13.9. The smallest absolute Gasteiger partial charge is 0.0122 e. The molecule has 0 radical (unpaired) electrons. The molecular weight excluding hydrogens is 232 g/mol. The molecule has 3 rings (SSSR count). The van der Waals surface area contributed by atoms with Gasteiger partial charge >= 0.3 is 0 Å². The number of nitrogens with one attached hydrogen (secondary N) is 1. The standard InChI is InChI=1S/C17H32N2/c1-18-17(13-7-5-3-4-6-8-13)14-11-15-9-10-16(12-14)19(15)2/h13-18H,3-12H2,1-2H3. The van der Waals surface area contributed by atoms with Crippen LogP contribution in [0, 0.1) is 11.8 Å². The summed E-state index contributed by atoms with van der Waals surface area (Å²) in [6.45, 7) is 0. The van der Waals surface area contributed by atoms with E-state index in [1.54, 1.807) is 0 Å². The van der Waals surface area contributed by atoms with Gasteiger partial charge in [-0.25, -0.2) is 0 Å². The van der Waals surface area contributed by atoms with Crippen molar-refractivity contribution in [1.29, 1.82) is 0 Å². The summed E-state index contributed by atoms with van der Waals surface area (Å²) < 4.78 is 0. The molecule has 19 heavy (non-hydrogen) atoms. The van der Waals surface area contributed by atoms with Crippen molar-refractivity contribution in [3.8, 4) is 0 Å². The molecule has 1 N–H and O–H groups in total. The summed E-state index contributed by atoms with van der Waals surface area (Å²) in [6.07, 6.45) is 14.7. The van der Waals surface area contributed by atoms with E-state index in [2.05, 4.69) is 24.3 Å². The van der Waals surface area contributed by atoms with Crippen LogP contribution in [0.5, 0.6) is 0 Å². The first-order valence-electron chi connectivity index (χ1n) is 8.68. The molecule has 1 aliphatic carbocycles. The Labute approximate surface area is 119 Å². The summed E-state index contributed by atoms with van der Waals surface area (Å²) in [7, 11) is 4.58. The van der Waals surface area contributed by atoms with E-state index in [4.69, 9.17) is 0 Å². The SMILES string of the molecule is CNC(C1CCCCCC1)C1CC2CCC(C1)N2C. The van der Waals surface area contributed by atoms with Gasteiger partial charge in [0.15, 0.2) is 0 Å². The van der Waals surface area contributed by atoms with Crippen LogP contribution in [0.4, 0.5) is 0 Å². The molecule has 0 aromatic heterocycles. The van der Waals surface area contributed by atoms with Crippen molar-refractivity contribution in [2.24, 2.45) is 11.8 Å². The monoisotopic (exact) mass is 264 g/mol. The molecule has 110 valence electrons. The van der Waals surface area contributed by atoms with Crippen molar-refractivity contribution in [1.82, 2.24) is 10.2 Å². The highest BCUT2D eigenvalue weighted by Crippen LogP contribution is 2.41. The van der Waals surface area contributed by atoms with E-state index in [0.717, 1.165) is 30.0 Å². The van der Waals surface area contributed by atoms with E-state index in [1.165, 1.54) is 64.2 Å². The van der Waals surface area contributed by atoms with Crippen molar-refractivity contribution in [3.05, 3.63) is 0 Å². The number of rotatable bonds is 3. The Morgan fingerprint density at radius 1 is 0.842 bits per heavy atom. The molecule has 2 aliphatic heterocycles. The number of piperidine rings is 1. The van der Waals surface area contributed by atoms with Crippen LogP contribution in [-0.4, -0.2) is 37.1 Å². The van der Waals surface area contributed by atoms with E-state index in [1.807, 2.05) is 0 Å². The fraction of sp³-hybridized carbons (Fsp3) is 1.00. The third-order valence-electron chi connectivity index (χ3n) is 6.38. The average Bonchev–Trinajstić information content (AvgIpc) is 2.69. The third-order valence-corrected chi connectivity index (χ3v) is 6.38. The Balaban J connectivity index is 1.65. The highest BCUT2D eigenvalue weighted by Gasteiger charge is 2.42. The fourth-order valence-electron chi connectivity index (χ4n) is 5.27. The van der Waals surface area contributed by atoms with Gasteiger partial charge in [-0.1, -0.05) is 25.7 Å². The van der Waals surface area contributed by atoms with Crippen LogP contribution < -0.4 is 5.32 Å². The molecule has 0 spiro atoms. The van der Waals surface area contributed by atoms with Crippen molar-refractivity contribution in [2.45, 2.75) is 82.3 Å². The zero-order valence-electron chi connectivity index (χ0n) is 12.9.